The van der Waals surface area contributed by atoms with Crippen LogP contribution in [0.25, 0.3) is 5.69 Å². The van der Waals surface area contributed by atoms with Crippen LogP contribution in [0.3, 0.4) is 0 Å². The van der Waals surface area contributed by atoms with E-state index >= 15 is 0 Å². The lowest BCUT2D eigenvalue weighted by Crippen LogP contribution is -2.43. The Morgan fingerprint density at radius 1 is 1.06 bits per heavy atom. The summed E-state index contributed by atoms with van der Waals surface area (Å²) in [4.78, 5) is 18.9. The first-order chi connectivity index (χ1) is 15.2. The van der Waals surface area contributed by atoms with E-state index in [0.717, 1.165) is 0 Å². The Hall–Kier alpha value is -4.20. The van der Waals surface area contributed by atoms with Crippen LogP contribution in [0.4, 0.5) is 15.8 Å². The highest BCUT2D eigenvalue weighted by Crippen LogP contribution is 2.37. The molecule has 2 heterocycles. The predicted molar refractivity (Wildman–Crippen MR) is 114 cm³/mol. The van der Waals surface area contributed by atoms with Crippen molar-refractivity contribution in [1.29, 1.82) is 0 Å². The summed E-state index contributed by atoms with van der Waals surface area (Å²) in [6, 6.07) is 19.3. The summed E-state index contributed by atoms with van der Waals surface area (Å²) in [5, 5.41) is 7.36. The van der Waals surface area contributed by atoms with E-state index in [9.17, 15) is 9.18 Å². The molecule has 7 nitrogen and oxygen atoms in total. The number of halogens is 1. The quantitative estimate of drug-likeness (QED) is 0.541. The molecule has 4 aromatic rings. The number of hydrogen-bond acceptors (Lipinski definition) is 5. The van der Waals surface area contributed by atoms with Crippen molar-refractivity contribution in [1.82, 2.24) is 14.8 Å². The number of hydrogen-bond donors (Lipinski definition) is 1. The minimum atomic E-state index is -0.602. The molecule has 1 atom stereocenters. The molecule has 0 spiro atoms. The number of amides is 1. The molecule has 1 N–H and O–H groups in total. The van der Waals surface area contributed by atoms with E-state index in [1.165, 1.54) is 23.4 Å². The van der Waals surface area contributed by atoms with Gasteiger partial charge in [0.05, 0.1) is 12.7 Å². The van der Waals surface area contributed by atoms with Gasteiger partial charge in [0.25, 0.3) is 5.91 Å². The van der Waals surface area contributed by atoms with E-state index in [4.69, 9.17) is 4.74 Å². The minimum Gasteiger partial charge on any atom is -0.497 e. The number of nitrogens with zero attached hydrogens (tertiary/aromatic N) is 4. The maximum Gasteiger partial charge on any atom is 0.262 e. The molecule has 31 heavy (non-hydrogen) atoms. The van der Waals surface area contributed by atoms with Gasteiger partial charge in [-0.15, -0.1) is 0 Å². The fourth-order valence-electron chi connectivity index (χ4n) is 3.71. The third-order valence-electron chi connectivity index (χ3n) is 5.23. The fraction of sp³-hybridized carbons (Fsp3) is 0.0870. The van der Waals surface area contributed by atoms with Gasteiger partial charge in [0.1, 0.15) is 36.1 Å². The molecular weight excluding hydrogens is 397 g/mol. The van der Waals surface area contributed by atoms with Crippen molar-refractivity contribution >= 4 is 17.3 Å². The molecule has 1 aliphatic rings. The number of methoxy groups -OCH3 is 1. The Kier molecular flexibility index (Phi) is 4.59. The molecule has 8 heteroatoms. The second-order valence-corrected chi connectivity index (χ2v) is 7.02. The van der Waals surface area contributed by atoms with Crippen LogP contribution in [0.15, 0.2) is 79.4 Å². The van der Waals surface area contributed by atoms with Crippen LogP contribution in [0, 0.1) is 5.82 Å². The zero-order valence-corrected chi connectivity index (χ0v) is 16.6. The minimum absolute atomic E-state index is 0.176. The second kappa shape index (κ2) is 7.56. The average Bonchev–Trinajstić information content (AvgIpc) is 3.34. The van der Waals surface area contributed by atoms with E-state index < -0.39 is 12.0 Å². The van der Waals surface area contributed by atoms with Gasteiger partial charge in [-0.1, -0.05) is 18.2 Å². The fourth-order valence-corrected chi connectivity index (χ4v) is 3.71. The van der Waals surface area contributed by atoms with Crippen LogP contribution in [0.2, 0.25) is 0 Å². The van der Waals surface area contributed by atoms with Gasteiger partial charge in [0.15, 0.2) is 0 Å². The van der Waals surface area contributed by atoms with Crippen molar-refractivity contribution in [2.75, 3.05) is 17.3 Å². The number of carbonyl (C=O) groups is 1. The smallest absolute Gasteiger partial charge is 0.262 e. The van der Waals surface area contributed by atoms with E-state index in [1.54, 1.807) is 54.5 Å². The number of fused-ring (bicyclic) bond motifs is 1. The van der Waals surface area contributed by atoms with Crippen LogP contribution in [0.1, 0.15) is 22.1 Å². The van der Waals surface area contributed by atoms with Gasteiger partial charge in [0, 0.05) is 11.4 Å². The summed E-state index contributed by atoms with van der Waals surface area (Å²) in [6.07, 6.45) is 2.17. The molecule has 0 radical (unpaired) electrons. The molecule has 1 amide bonds. The topological polar surface area (TPSA) is 72.3 Å². The van der Waals surface area contributed by atoms with Crippen molar-refractivity contribution in [3.63, 3.8) is 0 Å². The lowest BCUT2D eigenvalue weighted by molar-refractivity contribution is 0.0975. The molecule has 0 aliphatic carbocycles. The Labute approximate surface area is 177 Å². The second-order valence-electron chi connectivity index (χ2n) is 7.02. The summed E-state index contributed by atoms with van der Waals surface area (Å²) >= 11 is 0. The molecule has 3 aromatic carbocycles. The van der Waals surface area contributed by atoms with E-state index in [2.05, 4.69) is 15.4 Å². The zero-order chi connectivity index (χ0) is 21.4. The maximum absolute atomic E-state index is 15.0. The Morgan fingerprint density at radius 2 is 1.87 bits per heavy atom. The first-order valence-electron chi connectivity index (χ1n) is 9.63. The molecule has 0 unspecified atom stereocenters. The van der Waals surface area contributed by atoms with Gasteiger partial charge < -0.3 is 10.1 Å². The predicted octanol–water partition coefficient (Wildman–Crippen LogP) is 4.19. The SMILES string of the molecule is COc1ccc(N2C(=O)c3ccccc3N[C@H]2c2ccc(-n3cncn3)c(F)c2)cc1. The van der Waals surface area contributed by atoms with E-state index in [-0.39, 0.29) is 11.6 Å². The van der Waals surface area contributed by atoms with Crippen molar-refractivity contribution in [2.24, 2.45) is 0 Å². The molecule has 0 bridgehead atoms. The Bertz CT molecular complexity index is 1240. The standard InChI is InChI=1S/C23H18FN5O2/c1-31-17-9-7-16(8-10-17)29-22(27-20-5-3-2-4-18(20)23(29)30)15-6-11-21(19(24)12-15)28-14-25-13-26-28/h2-14,22,27H,1H3/t22-/m1/s1. The molecule has 1 aliphatic heterocycles. The molecule has 0 saturated carbocycles. The molecule has 1 aromatic heterocycles. The number of rotatable bonds is 4. The normalized spacial score (nSPS) is 15.4. The highest BCUT2D eigenvalue weighted by molar-refractivity contribution is 6.12. The van der Waals surface area contributed by atoms with Gasteiger partial charge in [0.2, 0.25) is 0 Å². The summed E-state index contributed by atoms with van der Waals surface area (Å²) in [7, 11) is 1.58. The van der Waals surface area contributed by atoms with Gasteiger partial charge in [-0.05, 0) is 54.1 Å². The first-order valence-corrected chi connectivity index (χ1v) is 9.63. The summed E-state index contributed by atoms with van der Waals surface area (Å²) < 4.78 is 21.5. The van der Waals surface area contributed by atoms with Crippen LogP contribution >= 0.6 is 0 Å². The Morgan fingerprint density at radius 3 is 2.58 bits per heavy atom. The number of benzene rings is 3. The maximum atomic E-state index is 15.0. The van der Waals surface area contributed by atoms with Gasteiger partial charge in [-0.3, -0.25) is 9.69 Å². The molecule has 0 fully saturated rings. The van der Waals surface area contributed by atoms with Crippen LogP contribution < -0.4 is 15.0 Å². The molecular formula is C23H18FN5O2. The molecule has 0 saturated heterocycles. The Balaban J connectivity index is 1.60. The van der Waals surface area contributed by atoms with Gasteiger partial charge in [-0.25, -0.2) is 14.1 Å². The van der Waals surface area contributed by atoms with Crippen molar-refractivity contribution in [3.05, 3.63) is 96.3 Å². The van der Waals surface area contributed by atoms with Gasteiger partial charge >= 0.3 is 0 Å². The van der Waals surface area contributed by atoms with Crippen molar-refractivity contribution in [3.8, 4) is 11.4 Å². The summed E-state index contributed by atoms with van der Waals surface area (Å²) in [6.45, 7) is 0. The number of carbonyl (C=O) groups excluding carboxylic acids is 1. The van der Waals surface area contributed by atoms with Gasteiger partial charge in [-0.2, -0.15) is 5.10 Å². The third kappa shape index (κ3) is 3.28. The lowest BCUT2D eigenvalue weighted by Gasteiger charge is -2.38. The van der Waals surface area contributed by atoms with Crippen LogP contribution in [-0.4, -0.2) is 27.8 Å². The first kappa shape index (κ1) is 18.8. The van der Waals surface area contributed by atoms with E-state index in [1.807, 2.05) is 18.2 Å². The number of anilines is 2. The molecule has 154 valence electrons. The van der Waals surface area contributed by atoms with Crippen molar-refractivity contribution < 1.29 is 13.9 Å². The summed E-state index contributed by atoms with van der Waals surface area (Å²) in [5.74, 6) is 0.0393. The molecule has 5 rings (SSSR count). The van der Waals surface area contributed by atoms with Crippen LogP contribution in [0.5, 0.6) is 5.75 Å². The number of ether oxygens (including phenoxy) is 1. The third-order valence-corrected chi connectivity index (χ3v) is 5.23. The highest BCUT2D eigenvalue weighted by Gasteiger charge is 2.34. The van der Waals surface area contributed by atoms with E-state index in [0.29, 0.717) is 28.3 Å². The highest BCUT2D eigenvalue weighted by atomic mass is 19.1. The van der Waals surface area contributed by atoms with Crippen molar-refractivity contribution in [2.45, 2.75) is 6.17 Å². The monoisotopic (exact) mass is 415 g/mol. The summed E-state index contributed by atoms with van der Waals surface area (Å²) in [5.41, 5.74) is 2.79. The largest absolute Gasteiger partial charge is 0.497 e. The average molecular weight is 415 g/mol. The number of nitrogens with one attached hydrogen (secondary N) is 1. The number of aromatic nitrogens is 3. The zero-order valence-electron chi connectivity index (χ0n) is 16.6. The number of para-hydroxylation sites is 1. The van der Waals surface area contributed by atoms with Crippen LogP contribution in [-0.2, 0) is 0 Å². The lowest BCUT2D eigenvalue weighted by atomic mass is 10.0.